The van der Waals surface area contributed by atoms with Crippen LogP contribution in [0.15, 0.2) is 0 Å². The summed E-state index contributed by atoms with van der Waals surface area (Å²) in [5.41, 5.74) is 0. The number of hydrogen-bond acceptors (Lipinski definition) is 5. The minimum atomic E-state index is -0.221. The Morgan fingerprint density at radius 3 is 2.26 bits per heavy atom. The van der Waals surface area contributed by atoms with E-state index in [1.807, 2.05) is 0 Å². The quantitative estimate of drug-likeness (QED) is 0.698. The van der Waals surface area contributed by atoms with Gasteiger partial charge in [0, 0.05) is 59.0 Å². The molecule has 112 valence electrons. The summed E-state index contributed by atoms with van der Waals surface area (Å²) in [6.07, 6.45) is 2.43. The third-order valence-corrected chi connectivity index (χ3v) is 4.08. The summed E-state index contributed by atoms with van der Waals surface area (Å²) >= 11 is 0. The summed E-state index contributed by atoms with van der Waals surface area (Å²) < 4.78 is 5.65. The molecule has 2 N–H and O–H groups in total. The summed E-state index contributed by atoms with van der Waals surface area (Å²) in [5, 5.41) is 13.5. The molecule has 0 amide bonds. The van der Waals surface area contributed by atoms with E-state index < -0.39 is 0 Å². The molecule has 2 heterocycles. The van der Waals surface area contributed by atoms with Crippen LogP contribution >= 0.6 is 0 Å². The van der Waals surface area contributed by atoms with Crippen molar-refractivity contribution in [1.82, 2.24) is 15.1 Å². The number of β-amino-alcohol motifs (C(OH)–C–C–N with tert-alkyl or cyclic N) is 1. The second-order valence-electron chi connectivity index (χ2n) is 5.66. The average molecular weight is 271 g/mol. The molecule has 0 saturated carbocycles. The molecule has 19 heavy (non-hydrogen) atoms. The Morgan fingerprint density at radius 1 is 1.11 bits per heavy atom. The number of piperazine rings is 1. The Labute approximate surface area is 116 Å². The van der Waals surface area contributed by atoms with Gasteiger partial charge in [-0.25, -0.2) is 0 Å². The molecule has 1 atom stereocenters. The molecule has 0 spiro atoms. The third kappa shape index (κ3) is 5.36. The van der Waals surface area contributed by atoms with Crippen molar-refractivity contribution in [2.45, 2.75) is 32.0 Å². The van der Waals surface area contributed by atoms with Gasteiger partial charge in [0.05, 0.1) is 12.2 Å². The number of ether oxygens (including phenoxy) is 1. The van der Waals surface area contributed by atoms with E-state index in [0.717, 1.165) is 71.8 Å². The molecule has 0 aromatic carbocycles. The molecule has 0 radical (unpaired) electrons. The van der Waals surface area contributed by atoms with E-state index >= 15 is 0 Å². The van der Waals surface area contributed by atoms with Crippen molar-refractivity contribution in [2.75, 3.05) is 59.0 Å². The Balaban J connectivity index is 1.61. The first-order chi connectivity index (χ1) is 9.28. The largest absolute Gasteiger partial charge is 0.390 e. The molecular weight excluding hydrogens is 242 g/mol. The van der Waals surface area contributed by atoms with Crippen LogP contribution in [0.4, 0.5) is 0 Å². The van der Waals surface area contributed by atoms with Crippen LogP contribution in [0.25, 0.3) is 0 Å². The first-order valence-electron chi connectivity index (χ1n) is 7.73. The zero-order valence-corrected chi connectivity index (χ0v) is 12.2. The van der Waals surface area contributed by atoms with Crippen LogP contribution in [0.1, 0.15) is 19.8 Å². The van der Waals surface area contributed by atoms with Crippen LogP contribution in [0, 0.1) is 0 Å². The molecule has 0 aliphatic carbocycles. The van der Waals surface area contributed by atoms with Gasteiger partial charge in [-0.15, -0.1) is 0 Å². The van der Waals surface area contributed by atoms with Crippen LogP contribution in [-0.2, 0) is 4.74 Å². The van der Waals surface area contributed by atoms with Gasteiger partial charge < -0.3 is 20.1 Å². The SMILES string of the molecule is CCOC1CCN(CC(O)CN2CCNCC2)CC1. The fraction of sp³-hybridized carbons (Fsp3) is 1.00. The summed E-state index contributed by atoms with van der Waals surface area (Å²) in [5.74, 6) is 0. The zero-order valence-electron chi connectivity index (χ0n) is 12.2. The van der Waals surface area contributed by atoms with Crippen LogP contribution < -0.4 is 5.32 Å². The topological polar surface area (TPSA) is 48.0 Å². The maximum atomic E-state index is 10.2. The predicted octanol–water partition coefficient (Wildman–Crippen LogP) is -0.247. The number of nitrogens with one attached hydrogen (secondary N) is 1. The standard InChI is InChI=1S/C14H29N3O2/c1-2-19-14-3-7-16(8-4-14)11-13(18)12-17-9-5-15-6-10-17/h13-15,18H,2-12H2,1H3. The molecule has 2 saturated heterocycles. The molecule has 5 heteroatoms. The van der Waals surface area contributed by atoms with E-state index in [4.69, 9.17) is 4.74 Å². The lowest BCUT2D eigenvalue weighted by molar-refractivity contribution is -0.00101. The lowest BCUT2D eigenvalue weighted by Crippen LogP contribution is -2.49. The van der Waals surface area contributed by atoms with Gasteiger partial charge in [0.1, 0.15) is 0 Å². The summed E-state index contributed by atoms with van der Waals surface area (Å²) in [4.78, 5) is 4.73. The molecule has 5 nitrogen and oxygen atoms in total. The molecule has 2 aliphatic heterocycles. The lowest BCUT2D eigenvalue weighted by Gasteiger charge is -2.35. The second-order valence-corrected chi connectivity index (χ2v) is 5.66. The van der Waals surface area contributed by atoms with Crippen LogP contribution in [-0.4, -0.2) is 86.1 Å². The third-order valence-electron chi connectivity index (χ3n) is 4.08. The lowest BCUT2D eigenvalue weighted by atomic mass is 10.1. The van der Waals surface area contributed by atoms with Crippen molar-refractivity contribution in [1.29, 1.82) is 0 Å². The molecule has 0 aromatic heterocycles. The summed E-state index contributed by atoms with van der Waals surface area (Å²) in [6.45, 7) is 10.8. The molecule has 2 rings (SSSR count). The fourth-order valence-electron chi connectivity index (χ4n) is 3.04. The maximum Gasteiger partial charge on any atom is 0.0793 e. The normalized spacial score (nSPS) is 25.6. The fourth-order valence-corrected chi connectivity index (χ4v) is 3.04. The number of rotatable bonds is 6. The van der Waals surface area contributed by atoms with E-state index in [1.54, 1.807) is 0 Å². The zero-order chi connectivity index (χ0) is 13.5. The monoisotopic (exact) mass is 271 g/mol. The van der Waals surface area contributed by atoms with Gasteiger partial charge in [0.15, 0.2) is 0 Å². The second kappa shape index (κ2) is 8.17. The van der Waals surface area contributed by atoms with Crippen LogP contribution in [0.3, 0.4) is 0 Å². The Hall–Kier alpha value is -0.200. The number of likely N-dealkylation sites (tertiary alicyclic amines) is 1. The highest BCUT2D eigenvalue weighted by Crippen LogP contribution is 2.14. The van der Waals surface area contributed by atoms with Crippen LogP contribution in [0.5, 0.6) is 0 Å². The molecule has 2 aliphatic rings. The summed E-state index contributed by atoms with van der Waals surface area (Å²) in [7, 11) is 0. The van der Waals surface area contributed by atoms with E-state index in [0.29, 0.717) is 6.10 Å². The van der Waals surface area contributed by atoms with Gasteiger partial charge in [-0.05, 0) is 19.8 Å². The van der Waals surface area contributed by atoms with Gasteiger partial charge in [-0.3, -0.25) is 4.90 Å². The minimum absolute atomic E-state index is 0.221. The molecule has 0 bridgehead atoms. The van der Waals surface area contributed by atoms with Crippen molar-refractivity contribution in [3.8, 4) is 0 Å². The van der Waals surface area contributed by atoms with Gasteiger partial charge in [-0.2, -0.15) is 0 Å². The Bertz CT molecular complexity index is 239. The molecule has 2 fully saturated rings. The molecule has 1 unspecified atom stereocenters. The van der Waals surface area contributed by atoms with Gasteiger partial charge in [-0.1, -0.05) is 0 Å². The minimum Gasteiger partial charge on any atom is -0.390 e. The number of nitrogens with zero attached hydrogens (tertiary/aromatic N) is 2. The van der Waals surface area contributed by atoms with Crippen molar-refractivity contribution in [3.05, 3.63) is 0 Å². The van der Waals surface area contributed by atoms with Crippen molar-refractivity contribution in [2.24, 2.45) is 0 Å². The number of aliphatic hydroxyl groups excluding tert-OH is 1. The highest BCUT2D eigenvalue weighted by Gasteiger charge is 2.22. The summed E-state index contributed by atoms with van der Waals surface area (Å²) in [6, 6.07) is 0. The van der Waals surface area contributed by atoms with Crippen LogP contribution in [0.2, 0.25) is 0 Å². The van der Waals surface area contributed by atoms with Gasteiger partial charge >= 0.3 is 0 Å². The van der Waals surface area contributed by atoms with Crippen molar-refractivity contribution < 1.29 is 9.84 Å². The maximum absolute atomic E-state index is 10.2. The van der Waals surface area contributed by atoms with E-state index in [2.05, 4.69) is 22.0 Å². The first kappa shape index (κ1) is 15.2. The van der Waals surface area contributed by atoms with E-state index in [-0.39, 0.29) is 6.10 Å². The number of piperidine rings is 1. The highest BCUT2D eigenvalue weighted by molar-refractivity contribution is 4.77. The average Bonchev–Trinajstić information content (AvgIpc) is 2.42. The molecule has 0 aromatic rings. The smallest absolute Gasteiger partial charge is 0.0793 e. The van der Waals surface area contributed by atoms with Crippen molar-refractivity contribution >= 4 is 0 Å². The highest BCUT2D eigenvalue weighted by atomic mass is 16.5. The van der Waals surface area contributed by atoms with Crippen molar-refractivity contribution in [3.63, 3.8) is 0 Å². The Morgan fingerprint density at radius 2 is 1.68 bits per heavy atom. The Kier molecular flexibility index (Phi) is 6.53. The van der Waals surface area contributed by atoms with E-state index in [9.17, 15) is 5.11 Å². The molecular formula is C14H29N3O2. The van der Waals surface area contributed by atoms with E-state index in [1.165, 1.54) is 0 Å². The predicted molar refractivity (Wildman–Crippen MR) is 76.4 cm³/mol. The first-order valence-corrected chi connectivity index (χ1v) is 7.73. The van der Waals surface area contributed by atoms with Gasteiger partial charge in [0.25, 0.3) is 0 Å². The number of aliphatic hydroxyl groups is 1. The number of hydrogen-bond donors (Lipinski definition) is 2. The van der Waals surface area contributed by atoms with Gasteiger partial charge in [0.2, 0.25) is 0 Å².